The first-order valence-corrected chi connectivity index (χ1v) is 16.0. The standard InChI is InChI=1S/C34H56N2O2.K/c1-3-5-7-9-11-13-15-17-19-21-23-30-25-31(24-22-20-18-16-14-12-10-8-6-4-2)27-33(26-30)36-34(38)32(29-37)28-35-36;/h25-29,37H,3-24H2,1-2H3;/q;+1/p-1/b32-29-;. The van der Waals surface area contributed by atoms with Crippen LogP contribution in [0.5, 0.6) is 0 Å². The largest absolute Gasteiger partial charge is 1.00 e. The maximum absolute atomic E-state index is 12.6. The van der Waals surface area contributed by atoms with Crippen LogP contribution >= 0.6 is 0 Å². The SMILES string of the molecule is CCCCCCCCCCCCc1cc(CCCCCCCCCCCC)cc(N2N=C/C(=C/[O-])C2=O)c1.[K+]. The third kappa shape index (κ3) is 15.9. The Morgan fingerprint density at radius 1 is 0.641 bits per heavy atom. The number of aryl methyl sites for hydroxylation is 2. The fraction of sp³-hybridized carbons (Fsp3) is 0.706. The molecule has 0 radical (unpaired) electrons. The number of anilines is 1. The number of carbonyl (C=O) groups is 1. The number of benzene rings is 1. The number of unbranched alkanes of at least 4 members (excludes halogenated alkanes) is 18. The minimum Gasteiger partial charge on any atom is -0.877 e. The fourth-order valence-electron chi connectivity index (χ4n) is 5.40. The molecule has 0 atom stereocenters. The van der Waals surface area contributed by atoms with Gasteiger partial charge in [-0.1, -0.05) is 135 Å². The molecule has 39 heavy (non-hydrogen) atoms. The van der Waals surface area contributed by atoms with E-state index in [0.29, 0.717) is 6.26 Å². The van der Waals surface area contributed by atoms with Gasteiger partial charge >= 0.3 is 51.4 Å². The molecule has 1 heterocycles. The van der Waals surface area contributed by atoms with Gasteiger partial charge in [0.25, 0.3) is 5.91 Å². The summed E-state index contributed by atoms with van der Waals surface area (Å²) in [5.41, 5.74) is 3.49. The number of amides is 1. The molecule has 0 fully saturated rings. The van der Waals surface area contributed by atoms with Crippen LogP contribution in [0.3, 0.4) is 0 Å². The van der Waals surface area contributed by atoms with E-state index in [9.17, 15) is 9.90 Å². The molecule has 0 unspecified atom stereocenters. The van der Waals surface area contributed by atoms with Crippen molar-refractivity contribution in [3.05, 3.63) is 41.2 Å². The van der Waals surface area contributed by atoms with Gasteiger partial charge in [0, 0.05) is 5.57 Å². The summed E-state index contributed by atoms with van der Waals surface area (Å²) in [7, 11) is 0. The predicted octanol–water partition coefficient (Wildman–Crippen LogP) is 6.19. The van der Waals surface area contributed by atoms with Gasteiger partial charge in [-0.25, -0.2) is 0 Å². The van der Waals surface area contributed by atoms with Crippen molar-refractivity contribution in [1.29, 1.82) is 0 Å². The van der Waals surface area contributed by atoms with Gasteiger partial charge in [-0.3, -0.25) is 4.79 Å². The van der Waals surface area contributed by atoms with Gasteiger partial charge in [0.2, 0.25) is 0 Å². The topological polar surface area (TPSA) is 55.7 Å². The molecular weight excluding hydrogens is 507 g/mol. The molecule has 0 spiro atoms. The van der Waals surface area contributed by atoms with Crippen molar-refractivity contribution in [2.75, 3.05) is 5.01 Å². The summed E-state index contributed by atoms with van der Waals surface area (Å²) in [5, 5.41) is 16.8. The monoisotopic (exact) mass is 562 g/mol. The molecule has 1 amide bonds. The van der Waals surface area contributed by atoms with Crippen molar-refractivity contribution in [1.82, 2.24) is 0 Å². The predicted molar refractivity (Wildman–Crippen MR) is 162 cm³/mol. The number of hydrogen-bond acceptors (Lipinski definition) is 3. The summed E-state index contributed by atoms with van der Waals surface area (Å²) in [5.74, 6) is -0.319. The van der Waals surface area contributed by atoms with Crippen LogP contribution in [-0.2, 0) is 17.6 Å². The summed E-state index contributed by atoms with van der Waals surface area (Å²) in [6.07, 6.45) is 30.7. The summed E-state index contributed by atoms with van der Waals surface area (Å²) in [6.45, 7) is 4.54. The zero-order chi connectivity index (χ0) is 27.3. The van der Waals surface area contributed by atoms with Crippen molar-refractivity contribution >= 4 is 17.8 Å². The third-order valence-electron chi connectivity index (χ3n) is 7.80. The van der Waals surface area contributed by atoms with Crippen LogP contribution in [0.15, 0.2) is 35.1 Å². The van der Waals surface area contributed by atoms with E-state index < -0.39 is 0 Å². The molecule has 0 aliphatic carbocycles. The molecule has 0 aromatic heterocycles. The Morgan fingerprint density at radius 2 is 1.03 bits per heavy atom. The van der Waals surface area contributed by atoms with Crippen LogP contribution in [0.25, 0.3) is 0 Å². The van der Waals surface area contributed by atoms with E-state index in [1.807, 2.05) is 0 Å². The molecule has 0 saturated heterocycles. The molecule has 214 valence electrons. The average molecular weight is 563 g/mol. The molecule has 0 N–H and O–H groups in total. The Bertz CT molecular complexity index is 794. The van der Waals surface area contributed by atoms with Gasteiger partial charge < -0.3 is 5.11 Å². The van der Waals surface area contributed by atoms with Gasteiger partial charge in [0.1, 0.15) is 0 Å². The second-order valence-corrected chi connectivity index (χ2v) is 11.3. The number of hydrazone groups is 1. The smallest absolute Gasteiger partial charge is 0.877 e. The zero-order valence-electron chi connectivity index (χ0n) is 25.7. The maximum Gasteiger partial charge on any atom is 1.00 e. The fourth-order valence-corrected chi connectivity index (χ4v) is 5.40. The molecule has 1 aliphatic heterocycles. The normalized spacial score (nSPS) is 13.9. The number of nitrogens with zero attached hydrogens (tertiary/aromatic N) is 2. The van der Waals surface area contributed by atoms with Crippen molar-refractivity contribution < 1.29 is 61.3 Å². The second-order valence-electron chi connectivity index (χ2n) is 11.3. The van der Waals surface area contributed by atoms with Crippen LogP contribution in [0.1, 0.15) is 153 Å². The Balaban J connectivity index is 0.00000760. The second kappa shape index (κ2) is 24.2. The first kappa shape index (κ1) is 36.6. The van der Waals surface area contributed by atoms with Gasteiger partial charge in [-0.15, -0.1) is 6.26 Å². The maximum atomic E-state index is 12.6. The molecule has 1 aromatic carbocycles. The van der Waals surface area contributed by atoms with Crippen molar-refractivity contribution in [2.24, 2.45) is 5.10 Å². The summed E-state index contributed by atoms with van der Waals surface area (Å²) < 4.78 is 0. The van der Waals surface area contributed by atoms with E-state index in [0.717, 1.165) is 18.5 Å². The van der Waals surface area contributed by atoms with Crippen molar-refractivity contribution in [3.63, 3.8) is 0 Å². The Kier molecular flexibility index (Phi) is 22.7. The van der Waals surface area contributed by atoms with E-state index in [-0.39, 0.29) is 62.9 Å². The van der Waals surface area contributed by atoms with E-state index in [1.54, 1.807) is 0 Å². The average Bonchev–Trinajstić information content (AvgIpc) is 3.31. The van der Waals surface area contributed by atoms with E-state index >= 15 is 0 Å². The van der Waals surface area contributed by atoms with E-state index in [1.165, 1.54) is 151 Å². The number of hydrogen-bond donors (Lipinski definition) is 0. The Hall–Kier alpha value is -0.464. The molecule has 0 bridgehead atoms. The Labute approximate surface area is 282 Å². The first-order chi connectivity index (χ1) is 18.7. The summed E-state index contributed by atoms with van der Waals surface area (Å²) in [4.78, 5) is 12.6. The summed E-state index contributed by atoms with van der Waals surface area (Å²) in [6, 6.07) is 6.52. The molecule has 2 rings (SSSR count). The van der Waals surface area contributed by atoms with Crippen LogP contribution in [-0.4, -0.2) is 12.1 Å². The van der Waals surface area contributed by atoms with Crippen LogP contribution < -0.4 is 61.5 Å². The summed E-state index contributed by atoms with van der Waals surface area (Å²) >= 11 is 0. The van der Waals surface area contributed by atoms with Gasteiger partial charge in [0.05, 0.1) is 11.9 Å². The van der Waals surface area contributed by atoms with Gasteiger partial charge in [0.15, 0.2) is 0 Å². The minimum absolute atomic E-state index is 0. The third-order valence-corrected chi connectivity index (χ3v) is 7.80. The molecule has 1 aliphatic rings. The first-order valence-electron chi connectivity index (χ1n) is 16.0. The quantitative estimate of drug-likeness (QED) is 0.0691. The van der Waals surface area contributed by atoms with Crippen LogP contribution in [0, 0.1) is 0 Å². The molecule has 0 saturated carbocycles. The van der Waals surface area contributed by atoms with Gasteiger partial charge in [-0.05, 0) is 48.9 Å². The van der Waals surface area contributed by atoms with E-state index in [4.69, 9.17) is 0 Å². The zero-order valence-corrected chi connectivity index (χ0v) is 28.8. The van der Waals surface area contributed by atoms with Crippen LogP contribution in [0.4, 0.5) is 5.69 Å². The minimum atomic E-state index is -0.319. The Morgan fingerprint density at radius 3 is 1.38 bits per heavy atom. The number of rotatable bonds is 23. The molecule has 1 aromatic rings. The van der Waals surface area contributed by atoms with E-state index in [2.05, 4.69) is 37.1 Å². The number of carbonyl (C=O) groups excluding carboxylic acids is 1. The van der Waals surface area contributed by atoms with Gasteiger partial charge in [-0.2, -0.15) is 10.1 Å². The molecule has 4 nitrogen and oxygen atoms in total. The van der Waals surface area contributed by atoms with Crippen molar-refractivity contribution in [2.45, 2.75) is 155 Å². The van der Waals surface area contributed by atoms with Crippen molar-refractivity contribution in [3.8, 4) is 0 Å². The van der Waals surface area contributed by atoms with Crippen LogP contribution in [0.2, 0.25) is 0 Å². The molecule has 5 heteroatoms. The molecular formula is C34H55KN2O2.